The van der Waals surface area contributed by atoms with E-state index in [-0.39, 0.29) is 17.7 Å². The number of hydrogen-bond donors (Lipinski definition) is 1. The lowest BCUT2D eigenvalue weighted by atomic mass is 10.2. The Morgan fingerprint density at radius 2 is 2.27 bits per heavy atom. The molecule has 3 aromatic rings. The molecule has 0 radical (unpaired) electrons. The molecule has 112 valence electrons. The van der Waals surface area contributed by atoms with Crippen molar-refractivity contribution in [1.82, 2.24) is 9.78 Å². The maximum Gasteiger partial charge on any atom is 0.291 e. The molecular formula is C16H15N3O3. The van der Waals surface area contributed by atoms with E-state index in [0.717, 1.165) is 18.4 Å². The fourth-order valence-corrected chi connectivity index (χ4v) is 2.62. The second kappa shape index (κ2) is 5.31. The number of benzene rings is 1. The number of nitrogens with zero attached hydrogens (tertiary/aromatic N) is 2. The van der Waals surface area contributed by atoms with Crippen LogP contribution in [0, 0.1) is 0 Å². The predicted molar refractivity (Wildman–Crippen MR) is 80.9 cm³/mol. The number of hydrogen-bond acceptors (Lipinski definition) is 4. The molecule has 1 N–H and O–H groups in total. The lowest BCUT2D eigenvalue weighted by Crippen LogP contribution is -2.11. The van der Waals surface area contributed by atoms with E-state index in [9.17, 15) is 4.79 Å². The van der Waals surface area contributed by atoms with Crippen molar-refractivity contribution < 1.29 is 13.9 Å². The number of para-hydroxylation sites is 1. The summed E-state index contributed by atoms with van der Waals surface area (Å²) < 4.78 is 12.7. The number of fused-ring (bicyclic) bond motifs is 1. The van der Waals surface area contributed by atoms with Crippen molar-refractivity contribution in [1.29, 1.82) is 0 Å². The predicted octanol–water partition coefficient (Wildman–Crippen LogP) is 2.84. The number of anilines is 1. The van der Waals surface area contributed by atoms with Crippen LogP contribution in [0.2, 0.25) is 0 Å². The molecule has 0 spiro atoms. The van der Waals surface area contributed by atoms with Crippen LogP contribution in [-0.2, 0) is 4.74 Å². The Kier molecular flexibility index (Phi) is 3.16. The van der Waals surface area contributed by atoms with Crippen molar-refractivity contribution in [3.8, 4) is 0 Å². The molecule has 0 unspecified atom stereocenters. The van der Waals surface area contributed by atoms with E-state index >= 15 is 0 Å². The quantitative estimate of drug-likeness (QED) is 0.807. The SMILES string of the molecule is O=C(Nc1cnn([C@@H]2CCOC2)c1)c1cc2ccccc2o1. The largest absolute Gasteiger partial charge is 0.451 e. The van der Waals surface area contributed by atoms with Crippen LogP contribution in [0.4, 0.5) is 5.69 Å². The van der Waals surface area contributed by atoms with Gasteiger partial charge in [-0.15, -0.1) is 0 Å². The number of ether oxygens (including phenoxy) is 1. The molecule has 0 bridgehead atoms. The minimum atomic E-state index is -0.279. The van der Waals surface area contributed by atoms with Gasteiger partial charge in [-0.25, -0.2) is 0 Å². The van der Waals surface area contributed by atoms with Crippen LogP contribution < -0.4 is 5.32 Å². The number of carbonyl (C=O) groups excluding carboxylic acids is 1. The van der Waals surface area contributed by atoms with Crippen LogP contribution in [0.25, 0.3) is 11.0 Å². The molecule has 6 nitrogen and oxygen atoms in total. The summed E-state index contributed by atoms with van der Waals surface area (Å²) >= 11 is 0. The summed E-state index contributed by atoms with van der Waals surface area (Å²) in [6.07, 6.45) is 4.40. The third-order valence-corrected chi connectivity index (χ3v) is 3.79. The minimum Gasteiger partial charge on any atom is -0.451 e. The number of rotatable bonds is 3. The molecule has 1 amide bonds. The Balaban J connectivity index is 1.51. The van der Waals surface area contributed by atoms with Crippen molar-refractivity contribution in [2.75, 3.05) is 18.5 Å². The van der Waals surface area contributed by atoms with E-state index in [0.29, 0.717) is 17.9 Å². The second-order valence-electron chi connectivity index (χ2n) is 5.33. The summed E-state index contributed by atoms with van der Waals surface area (Å²) in [5.41, 5.74) is 1.35. The van der Waals surface area contributed by atoms with Crippen molar-refractivity contribution in [2.45, 2.75) is 12.5 Å². The summed E-state index contributed by atoms with van der Waals surface area (Å²) in [5, 5.41) is 7.99. The number of amides is 1. The Labute approximate surface area is 126 Å². The minimum absolute atomic E-state index is 0.247. The maximum atomic E-state index is 12.2. The monoisotopic (exact) mass is 297 g/mol. The van der Waals surface area contributed by atoms with Gasteiger partial charge in [-0.2, -0.15) is 5.10 Å². The van der Waals surface area contributed by atoms with Gasteiger partial charge in [0.05, 0.1) is 24.5 Å². The highest BCUT2D eigenvalue weighted by Crippen LogP contribution is 2.22. The van der Waals surface area contributed by atoms with E-state index in [2.05, 4.69) is 10.4 Å². The molecule has 1 fully saturated rings. The highest BCUT2D eigenvalue weighted by atomic mass is 16.5. The summed E-state index contributed by atoms with van der Waals surface area (Å²) in [6.45, 7) is 1.42. The van der Waals surface area contributed by atoms with Gasteiger partial charge in [-0.1, -0.05) is 18.2 Å². The Morgan fingerprint density at radius 1 is 1.36 bits per heavy atom. The van der Waals surface area contributed by atoms with Crippen molar-refractivity contribution in [3.05, 3.63) is 48.5 Å². The number of carbonyl (C=O) groups is 1. The third-order valence-electron chi connectivity index (χ3n) is 3.79. The van der Waals surface area contributed by atoms with Crippen LogP contribution in [0.5, 0.6) is 0 Å². The fourth-order valence-electron chi connectivity index (χ4n) is 2.62. The van der Waals surface area contributed by atoms with Gasteiger partial charge in [0, 0.05) is 18.2 Å². The first-order valence-electron chi connectivity index (χ1n) is 7.21. The van der Waals surface area contributed by atoms with Crippen LogP contribution in [0.3, 0.4) is 0 Å². The van der Waals surface area contributed by atoms with E-state index in [1.807, 2.05) is 35.1 Å². The van der Waals surface area contributed by atoms with Crippen molar-refractivity contribution in [3.63, 3.8) is 0 Å². The van der Waals surface area contributed by atoms with Gasteiger partial charge in [0.25, 0.3) is 5.91 Å². The number of furan rings is 1. The van der Waals surface area contributed by atoms with Crippen LogP contribution in [-0.4, -0.2) is 28.9 Å². The molecule has 22 heavy (non-hydrogen) atoms. The molecule has 0 aliphatic carbocycles. The van der Waals surface area contributed by atoms with Crippen molar-refractivity contribution in [2.24, 2.45) is 0 Å². The molecule has 6 heteroatoms. The van der Waals surface area contributed by atoms with Gasteiger partial charge in [0.2, 0.25) is 0 Å². The molecule has 1 aliphatic rings. The van der Waals surface area contributed by atoms with Gasteiger partial charge in [0.1, 0.15) is 5.58 Å². The maximum absolute atomic E-state index is 12.2. The topological polar surface area (TPSA) is 69.3 Å². The lowest BCUT2D eigenvalue weighted by Gasteiger charge is -2.06. The van der Waals surface area contributed by atoms with Crippen molar-refractivity contribution >= 4 is 22.6 Å². The number of nitrogens with one attached hydrogen (secondary N) is 1. The highest BCUT2D eigenvalue weighted by molar-refractivity contribution is 6.04. The molecule has 3 heterocycles. The van der Waals surface area contributed by atoms with Gasteiger partial charge < -0.3 is 14.5 Å². The van der Waals surface area contributed by atoms with E-state index in [4.69, 9.17) is 9.15 Å². The zero-order chi connectivity index (χ0) is 14.9. The first-order valence-corrected chi connectivity index (χ1v) is 7.21. The molecular weight excluding hydrogens is 282 g/mol. The summed E-state index contributed by atoms with van der Waals surface area (Å²) in [7, 11) is 0. The molecule has 1 saturated heterocycles. The first-order chi connectivity index (χ1) is 10.8. The summed E-state index contributed by atoms with van der Waals surface area (Å²) in [6, 6.07) is 9.52. The Morgan fingerprint density at radius 3 is 3.09 bits per heavy atom. The average molecular weight is 297 g/mol. The van der Waals surface area contributed by atoms with Gasteiger partial charge in [-0.3, -0.25) is 9.48 Å². The normalized spacial score (nSPS) is 17.9. The Bertz CT molecular complexity index is 782. The average Bonchev–Trinajstić information content (AvgIpc) is 3.26. The smallest absolute Gasteiger partial charge is 0.291 e. The van der Waals surface area contributed by atoms with E-state index in [1.165, 1.54) is 0 Å². The second-order valence-corrected chi connectivity index (χ2v) is 5.33. The Hall–Kier alpha value is -2.60. The molecule has 2 aromatic heterocycles. The van der Waals surface area contributed by atoms with Gasteiger partial charge in [0.15, 0.2) is 5.76 Å². The van der Waals surface area contributed by atoms with Crippen LogP contribution in [0.15, 0.2) is 47.1 Å². The summed E-state index contributed by atoms with van der Waals surface area (Å²) in [5.74, 6) is 0.0107. The zero-order valence-corrected chi connectivity index (χ0v) is 11.9. The molecule has 0 saturated carbocycles. The molecule has 1 aliphatic heterocycles. The van der Waals surface area contributed by atoms with Crippen LogP contribution >= 0.6 is 0 Å². The van der Waals surface area contributed by atoms with Gasteiger partial charge >= 0.3 is 0 Å². The summed E-state index contributed by atoms with van der Waals surface area (Å²) in [4.78, 5) is 12.2. The molecule has 1 atom stereocenters. The third kappa shape index (κ3) is 2.37. The first kappa shape index (κ1) is 13.1. The zero-order valence-electron chi connectivity index (χ0n) is 11.9. The van der Waals surface area contributed by atoms with E-state index in [1.54, 1.807) is 12.3 Å². The lowest BCUT2D eigenvalue weighted by molar-refractivity contribution is 0.0998. The standard InChI is InChI=1S/C16H15N3O3/c20-16(15-7-11-3-1-2-4-14(11)22-15)18-12-8-17-19(9-12)13-5-6-21-10-13/h1-4,7-9,13H,5-6,10H2,(H,18,20)/t13-/m1/s1. The molecule has 1 aromatic carbocycles. The highest BCUT2D eigenvalue weighted by Gasteiger charge is 2.19. The fraction of sp³-hybridized carbons (Fsp3) is 0.250. The van der Waals surface area contributed by atoms with E-state index < -0.39 is 0 Å². The molecule has 4 rings (SSSR count). The number of aromatic nitrogens is 2. The van der Waals surface area contributed by atoms with Crippen LogP contribution in [0.1, 0.15) is 23.0 Å². The van der Waals surface area contributed by atoms with Gasteiger partial charge in [-0.05, 0) is 18.6 Å².